The fraction of sp³-hybridized carbons (Fsp3) is 0.486. The highest BCUT2D eigenvalue weighted by Gasteiger charge is 2.38. The maximum atomic E-state index is 13.6. The first kappa shape index (κ1) is 37.1. The Hall–Kier alpha value is -4.21. The van der Waals surface area contributed by atoms with E-state index in [0.717, 1.165) is 85.3 Å². The van der Waals surface area contributed by atoms with Crippen LogP contribution in [0.1, 0.15) is 79.1 Å². The number of alkyl halides is 3. The van der Waals surface area contributed by atoms with Crippen molar-refractivity contribution in [1.82, 2.24) is 30.4 Å². The Morgan fingerprint density at radius 2 is 1.74 bits per heavy atom. The smallest absolute Gasteiger partial charge is 0.475 e. The molecule has 1 fully saturated rings. The minimum Gasteiger partial charge on any atom is -0.475 e. The molecular formula is C35H41F3N6O5S. The van der Waals surface area contributed by atoms with Gasteiger partial charge in [-0.15, -0.1) is 0 Å². The molecule has 11 nitrogen and oxygen atoms in total. The number of pyridine rings is 1. The zero-order valence-corrected chi connectivity index (χ0v) is 28.9. The Morgan fingerprint density at radius 3 is 2.34 bits per heavy atom. The second-order valence-electron chi connectivity index (χ2n) is 13.9. The third kappa shape index (κ3) is 9.52. The van der Waals surface area contributed by atoms with Gasteiger partial charge in [-0.1, -0.05) is 56.4 Å². The van der Waals surface area contributed by atoms with Crippen LogP contribution in [0.4, 0.5) is 13.2 Å². The Labute approximate surface area is 291 Å². The molecule has 4 aromatic rings. The number of likely N-dealkylation sites (tertiary alicyclic amines) is 1. The average Bonchev–Trinajstić information content (AvgIpc) is 3.49. The molecule has 1 amide bonds. The number of carboxylic acids is 1. The molecule has 2 aliphatic rings. The first-order valence-corrected chi connectivity index (χ1v) is 17.3. The van der Waals surface area contributed by atoms with Gasteiger partial charge < -0.3 is 20.4 Å². The van der Waals surface area contributed by atoms with Crippen LogP contribution in [0.2, 0.25) is 0 Å². The maximum Gasteiger partial charge on any atom is 0.490 e. The number of aryl methyl sites for hydroxylation is 1. The lowest BCUT2D eigenvalue weighted by molar-refractivity contribution is -0.192. The highest BCUT2D eigenvalue weighted by atomic mass is 32.1. The molecule has 1 aliphatic carbocycles. The quantitative estimate of drug-likeness (QED) is 0.193. The number of carboxylic acid groups (broad SMARTS) is 1. The number of carbonyl (C=O) groups is 2. The van der Waals surface area contributed by atoms with Crippen LogP contribution < -0.4 is 10.9 Å². The number of fused-ring (bicyclic) bond motifs is 2. The summed E-state index contributed by atoms with van der Waals surface area (Å²) in [5, 5.41) is 27.4. The summed E-state index contributed by atoms with van der Waals surface area (Å²) < 4.78 is 31.7. The predicted octanol–water partition coefficient (Wildman–Crippen LogP) is 5.54. The van der Waals surface area contributed by atoms with Gasteiger partial charge in [0, 0.05) is 37.0 Å². The number of aromatic nitrogens is 4. The van der Waals surface area contributed by atoms with Crippen molar-refractivity contribution in [3.63, 3.8) is 0 Å². The van der Waals surface area contributed by atoms with E-state index in [1.54, 1.807) is 6.07 Å². The predicted molar refractivity (Wildman–Crippen MR) is 183 cm³/mol. The molecule has 0 unspecified atom stereocenters. The summed E-state index contributed by atoms with van der Waals surface area (Å²) in [5.74, 6) is -2.34. The molecule has 4 heterocycles. The number of benzene rings is 1. The monoisotopic (exact) mass is 714 g/mol. The number of aliphatic hydroxyl groups excluding tert-OH is 1. The van der Waals surface area contributed by atoms with Crippen LogP contribution in [-0.2, 0) is 17.6 Å². The number of nitrogens with one attached hydrogen (secondary N) is 2. The van der Waals surface area contributed by atoms with E-state index in [1.807, 2.05) is 24.3 Å². The summed E-state index contributed by atoms with van der Waals surface area (Å²) in [6, 6.07) is 13.0. The number of thiazole rings is 1. The summed E-state index contributed by atoms with van der Waals surface area (Å²) in [5.41, 5.74) is 5.75. The van der Waals surface area contributed by atoms with Crippen LogP contribution in [0.5, 0.6) is 0 Å². The zero-order valence-electron chi connectivity index (χ0n) is 28.1. The first-order valence-electron chi connectivity index (χ1n) is 16.5. The minimum absolute atomic E-state index is 0.195. The molecule has 1 aliphatic heterocycles. The fourth-order valence-electron chi connectivity index (χ4n) is 6.24. The van der Waals surface area contributed by atoms with Crippen molar-refractivity contribution in [2.75, 3.05) is 19.6 Å². The van der Waals surface area contributed by atoms with Crippen molar-refractivity contribution in [2.24, 2.45) is 11.3 Å². The van der Waals surface area contributed by atoms with Crippen LogP contribution in [-0.4, -0.2) is 79.1 Å². The summed E-state index contributed by atoms with van der Waals surface area (Å²) in [6.45, 7) is 9.42. The van der Waals surface area contributed by atoms with Gasteiger partial charge in [0.15, 0.2) is 5.01 Å². The second-order valence-corrected chi connectivity index (χ2v) is 14.8. The number of hydrogen-bond donors (Lipinski definition) is 4. The molecule has 0 radical (unpaired) electrons. The molecule has 3 aromatic heterocycles. The van der Waals surface area contributed by atoms with E-state index in [-0.39, 0.29) is 29.0 Å². The van der Waals surface area contributed by atoms with Crippen molar-refractivity contribution in [1.29, 1.82) is 0 Å². The number of amides is 1. The van der Waals surface area contributed by atoms with E-state index < -0.39 is 12.1 Å². The van der Waals surface area contributed by atoms with Crippen LogP contribution in [0.3, 0.4) is 0 Å². The van der Waals surface area contributed by atoms with Gasteiger partial charge in [-0.3, -0.25) is 9.59 Å². The first-order chi connectivity index (χ1) is 23.6. The van der Waals surface area contributed by atoms with E-state index in [2.05, 4.69) is 47.3 Å². The van der Waals surface area contributed by atoms with Crippen LogP contribution in [0, 0.1) is 11.3 Å². The van der Waals surface area contributed by atoms with Crippen LogP contribution in [0.25, 0.3) is 21.6 Å². The molecule has 4 N–H and O–H groups in total. The topological polar surface area (TPSA) is 161 Å². The average molecular weight is 715 g/mol. The summed E-state index contributed by atoms with van der Waals surface area (Å²) >= 11 is 1.36. The van der Waals surface area contributed by atoms with Gasteiger partial charge in [0.05, 0.1) is 17.8 Å². The molecule has 0 saturated carbocycles. The van der Waals surface area contributed by atoms with Crippen molar-refractivity contribution in [3.8, 4) is 11.3 Å². The maximum absolute atomic E-state index is 13.6. The third-order valence-corrected chi connectivity index (χ3v) is 10.3. The lowest BCUT2D eigenvalue weighted by atomic mass is 9.71. The van der Waals surface area contributed by atoms with Gasteiger partial charge in [0.1, 0.15) is 10.3 Å². The molecule has 1 aromatic carbocycles. The largest absolute Gasteiger partial charge is 0.490 e. The lowest BCUT2D eigenvalue weighted by Crippen LogP contribution is -2.38. The number of rotatable bonds is 7. The van der Waals surface area contributed by atoms with Crippen LogP contribution >= 0.6 is 11.3 Å². The Kier molecular flexibility index (Phi) is 11.4. The molecule has 2 atom stereocenters. The van der Waals surface area contributed by atoms with Gasteiger partial charge in [-0.2, -0.15) is 18.3 Å². The zero-order chi connectivity index (χ0) is 36.2. The Bertz CT molecular complexity index is 1840. The molecule has 6 rings (SSSR count). The fourth-order valence-corrected chi connectivity index (χ4v) is 7.08. The van der Waals surface area contributed by atoms with Crippen molar-refractivity contribution in [3.05, 3.63) is 74.6 Å². The molecule has 268 valence electrons. The summed E-state index contributed by atoms with van der Waals surface area (Å²) in [4.78, 5) is 46.8. The number of halogens is 3. The number of aliphatic hydroxyl groups is 1. The highest BCUT2D eigenvalue weighted by Crippen LogP contribution is 2.38. The van der Waals surface area contributed by atoms with Gasteiger partial charge in [-0.25, -0.2) is 19.9 Å². The summed E-state index contributed by atoms with van der Waals surface area (Å²) in [6.07, 6.45) is 0.0696. The van der Waals surface area contributed by atoms with E-state index in [9.17, 15) is 27.9 Å². The summed E-state index contributed by atoms with van der Waals surface area (Å²) in [7, 11) is 0. The Balaban J connectivity index is 0.000000630. The molecule has 50 heavy (non-hydrogen) atoms. The number of aromatic amines is 1. The number of carbonyl (C=O) groups excluding carboxylic acids is 1. The van der Waals surface area contributed by atoms with Gasteiger partial charge in [-0.05, 0) is 73.1 Å². The SMILES string of the molecule is CC(C)(C)[C@H]1CCc2nc3sc(C(=O)N[C@H](CCN4CCC(O)CC4)c4ccc(-c5ccc(=O)[nH]n5)cc4)nc3cc2C1.O=C(O)C(F)(F)F. The number of hydrogen-bond acceptors (Lipinski definition) is 9. The van der Waals surface area contributed by atoms with Crippen molar-refractivity contribution >= 4 is 33.6 Å². The molecule has 0 bridgehead atoms. The second kappa shape index (κ2) is 15.4. The van der Waals surface area contributed by atoms with Gasteiger partial charge in [0.25, 0.3) is 11.5 Å². The molecule has 1 saturated heterocycles. The molecule has 0 spiro atoms. The van der Waals surface area contributed by atoms with Crippen molar-refractivity contribution in [2.45, 2.75) is 77.6 Å². The third-order valence-electron chi connectivity index (χ3n) is 9.29. The standard InChI is InChI=1S/C33H40N6O3S.C2HF3O2/c1-33(2,3)23-8-9-25-22(18-23)19-28-31(35-25)43-32(36-28)30(42)34-26(14-17-39-15-12-24(40)13-16-39)20-4-6-21(7-5-20)27-10-11-29(41)38-37-27;3-2(4,5)1(6)7/h4-7,10-11,19,23-24,26,40H,8-9,12-18H2,1-3H3,(H,34,42)(H,38,41);(H,6,7)/t23-,26+;/m0./s1. The minimum atomic E-state index is -5.08. The highest BCUT2D eigenvalue weighted by molar-refractivity contribution is 7.19. The van der Waals surface area contributed by atoms with Crippen LogP contribution in [0.15, 0.2) is 47.3 Å². The van der Waals surface area contributed by atoms with Crippen molar-refractivity contribution < 1.29 is 33.0 Å². The van der Waals surface area contributed by atoms with E-state index >= 15 is 0 Å². The normalized spacial score (nSPS) is 17.8. The number of H-pyrrole nitrogens is 1. The molecular weight excluding hydrogens is 673 g/mol. The number of piperidine rings is 1. The van der Waals surface area contributed by atoms with E-state index in [0.29, 0.717) is 16.6 Å². The number of aliphatic carboxylic acids is 1. The van der Waals surface area contributed by atoms with Gasteiger partial charge >= 0.3 is 12.1 Å². The molecule has 15 heteroatoms. The number of nitrogens with zero attached hydrogens (tertiary/aromatic N) is 4. The van der Waals surface area contributed by atoms with E-state index in [4.69, 9.17) is 19.9 Å². The lowest BCUT2D eigenvalue weighted by Gasteiger charge is -2.34. The Morgan fingerprint density at radius 1 is 1.06 bits per heavy atom. The van der Waals surface area contributed by atoms with Gasteiger partial charge in [0.2, 0.25) is 0 Å². The van der Waals surface area contributed by atoms with E-state index in [1.165, 1.54) is 23.0 Å².